The quantitative estimate of drug-likeness (QED) is 0.581. The lowest BCUT2D eigenvalue weighted by Gasteiger charge is -2.13. The van der Waals surface area contributed by atoms with Gasteiger partial charge in [0.15, 0.2) is 0 Å². The highest BCUT2D eigenvalue weighted by atomic mass is 32.2. The molecular formula is C11H21NS. The standard InChI is InChI=1S/C11H21NS/c1-4-8-13-9-6-5-7-11(2,3)10-12/h4-9H2,1-3H3. The van der Waals surface area contributed by atoms with Crippen LogP contribution in [0.15, 0.2) is 0 Å². The highest BCUT2D eigenvalue weighted by molar-refractivity contribution is 7.99. The zero-order chi connectivity index (χ0) is 10.2. The Bertz CT molecular complexity index is 158. The van der Waals surface area contributed by atoms with Crippen LogP contribution in [-0.2, 0) is 0 Å². The number of hydrogen-bond donors (Lipinski definition) is 0. The van der Waals surface area contributed by atoms with Crippen molar-refractivity contribution in [2.24, 2.45) is 5.41 Å². The van der Waals surface area contributed by atoms with Gasteiger partial charge in [0.25, 0.3) is 0 Å². The first-order valence-corrected chi connectivity index (χ1v) is 6.27. The Balaban J connectivity index is 3.22. The molecule has 0 saturated heterocycles. The van der Waals surface area contributed by atoms with E-state index in [-0.39, 0.29) is 5.41 Å². The normalized spacial score (nSPS) is 11.2. The molecule has 0 rings (SSSR count). The molecule has 0 amide bonds. The third-order valence-corrected chi connectivity index (χ3v) is 3.27. The molecule has 76 valence electrons. The summed E-state index contributed by atoms with van der Waals surface area (Å²) in [7, 11) is 0. The molecule has 0 bridgehead atoms. The highest BCUT2D eigenvalue weighted by Gasteiger charge is 2.14. The van der Waals surface area contributed by atoms with Crippen molar-refractivity contribution in [3.05, 3.63) is 0 Å². The van der Waals surface area contributed by atoms with E-state index in [1.54, 1.807) is 0 Å². The summed E-state index contributed by atoms with van der Waals surface area (Å²) in [6, 6.07) is 2.34. The van der Waals surface area contributed by atoms with Crippen LogP contribution < -0.4 is 0 Å². The molecule has 0 aromatic heterocycles. The van der Waals surface area contributed by atoms with Gasteiger partial charge in [-0.2, -0.15) is 17.0 Å². The van der Waals surface area contributed by atoms with Gasteiger partial charge in [0.1, 0.15) is 0 Å². The predicted molar refractivity (Wildman–Crippen MR) is 60.9 cm³/mol. The lowest BCUT2D eigenvalue weighted by Crippen LogP contribution is -2.07. The molecule has 0 radical (unpaired) electrons. The number of hydrogen-bond acceptors (Lipinski definition) is 2. The molecule has 0 unspecified atom stereocenters. The van der Waals surface area contributed by atoms with Gasteiger partial charge in [-0.15, -0.1) is 0 Å². The van der Waals surface area contributed by atoms with Crippen molar-refractivity contribution in [1.29, 1.82) is 5.26 Å². The third kappa shape index (κ3) is 8.18. The van der Waals surface area contributed by atoms with Gasteiger partial charge in [-0.3, -0.25) is 0 Å². The first kappa shape index (κ1) is 12.8. The summed E-state index contributed by atoms with van der Waals surface area (Å²) in [6.45, 7) is 6.25. The van der Waals surface area contributed by atoms with Gasteiger partial charge >= 0.3 is 0 Å². The van der Waals surface area contributed by atoms with Crippen LogP contribution >= 0.6 is 11.8 Å². The van der Waals surface area contributed by atoms with Gasteiger partial charge in [0.2, 0.25) is 0 Å². The average Bonchev–Trinajstić information content (AvgIpc) is 2.11. The van der Waals surface area contributed by atoms with Gasteiger partial charge in [-0.05, 0) is 44.6 Å². The van der Waals surface area contributed by atoms with E-state index >= 15 is 0 Å². The number of rotatable bonds is 7. The smallest absolute Gasteiger partial charge is 0.0683 e. The highest BCUT2D eigenvalue weighted by Crippen LogP contribution is 2.22. The molecule has 0 N–H and O–H groups in total. The molecule has 13 heavy (non-hydrogen) atoms. The maximum atomic E-state index is 8.78. The third-order valence-electron chi connectivity index (χ3n) is 1.99. The fourth-order valence-corrected chi connectivity index (χ4v) is 1.97. The Kier molecular flexibility index (Phi) is 7.17. The van der Waals surface area contributed by atoms with Gasteiger partial charge < -0.3 is 0 Å². The maximum Gasteiger partial charge on any atom is 0.0683 e. The molecule has 0 fully saturated rings. The molecule has 1 nitrogen and oxygen atoms in total. The maximum absolute atomic E-state index is 8.78. The van der Waals surface area contributed by atoms with Gasteiger partial charge in [0.05, 0.1) is 11.5 Å². The predicted octanol–water partition coefficient (Wildman–Crippen LogP) is 3.85. The van der Waals surface area contributed by atoms with Gasteiger partial charge in [-0.1, -0.05) is 13.3 Å². The van der Waals surface area contributed by atoms with Crippen molar-refractivity contribution < 1.29 is 0 Å². The van der Waals surface area contributed by atoms with Crippen molar-refractivity contribution in [2.75, 3.05) is 11.5 Å². The van der Waals surface area contributed by atoms with Crippen LogP contribution in [0.1, 0.15) is 46.5 Å². The molecule has 0 heterocycles. The van der Waals surface area contributed by atoms with E-state index in [9.17, 15) is 0 Å². The van der Waals surface area contributed by atoms with Crippen LogP contribution in [-0.4, -0.2) is 11.5 Å². The zero-order valence-corrected chi connectivity index (χ0v) is 9.91. The van der Waals surface area contributed by atoms with E-state index < -0.39 is 0 Å². The van der Waals surface area contributed by atoms with E-state index in [1.165, 1.54) is 30.8 Å². The summed E-state index contributed by atoms with van der Waals surface area (Å²) in [5.41, 5.74) is -0.116. The molecule has 2 heteroatoms. The van der Waals surface area contributed by atoms with Crippen molar-refractivity contribution in [2.45, 2.75) is 46.5 Å². The number of thioether (sulfide) groups is 1. The van der Waals surface area contributed by atoms with Crippen LogP contribution in [0.2, 0.25) is 0 Å². The fraction of sp³-hybridized carbons (Fsp3) is 0.909. The van der Waals surface area contributed by atoms with Crippen LogP contribution in [0.3, 0.4) is 0 Å². The Morgan fingerprint density at radius 3 is 2.46 bits per heavy atom. The zero-order valence-electron chi connectivity index (χ0n) is 9.10. The first-order chi connectivity index (χ1) is 6.12. The average molecular weight is 199 g/mol. The lowest BCUT2D eigenvalue weighted by molar-refractivity contribution is 0.433. The number of nitriles is 1. The molecule has 0 aliphatic rings. The minimum Gasteiger partial charge on any atom is -0.198 e. The van der Waals surface area contributed by atoms with Crippen LogP contribution in [0.25, 0.3) is 0 Å². The summed E-state index contributed by atoms with van der Waals surface area (Å²) in [5.74, 6) is 2.54. The minimum atomic E-state index is -0.116. The lowest BCUT2D eigenvalue weighted by atomic mass is 9.89. The molecule has 0 saturated carbocycles. The first-order valence-electron chi connectivity index (χ1n) is 5.11. The van der Waals surface area contributed by atoms with E-state index in [1.807, 2.05) is 25.6 Å². The van der Waals surface area contributed by atoms with E-state index in [0.717, 1.165) is 6.42 Å². The SMILES string of the molecule is CCCSCCCCC(C)(C)C#N. The van der Waals surface area contributed by atoms with E-state index in [4.69, 9.17) is 5.26 Å². The largest absolute Gasteiger partial charge is 0.198 e. The molecule has 0 atom stereocenters. The topological polar surface area (TPSA) is 23.8 Å². The second-order valence-electron chi connectivity index (χ2n) is 4.07. The van der Waals surface area contributed by atoms with Crippen molar-refractivity contribution in [1.82, 2.24) is 0 Å². The molecule has 0 aliphatic heterocycles. The van der Waals surface area contributed by atoms with Crippen LogP contribution in [0, 0.1) is 16.7 Å². The van der Waals surface area contributed by atoms with Crippen LogP contribution in [0.5, 0.6) is 0 Å². The molecular weight excluding hydrogens is 178 g/mol. The summed E-state index contributed by atoms with van der Waals surface area (Å²) < 4.78 is 0. The molecule has 0 aromatic carbocycles. The molecule has 0 aromatic rings. The van der Waals surface area contributed by atoms with Crippen LogP contribution in [0.4, 0.5) is 0 Å². The summed E-state index contributed by atoms with van der Waals surface area (Å²) >= 11 is 2.03. The van der Waals surface area contributed by atoms with Gasteiger partial charge in [0, 0.05) is 0 Å². The number of nitrogens with zero attached hydrogens (tertiary/aromatic N) is 1. The Hall–Kier alpha value is -0.160. The molecule has 0 spiro atoms. The summed E-state index contributed by atoms with van der Waals surface area (Å²) in [5, 5.41) is 8.78. The minimum absolute atomic E-state index is 0.116. The van der Waals surface area contributed by atoms with Crippen molar-refractivity contribution in [3.63, 3.8) is 0 Å². The Morgan fingerprint density at radius 2 is 1.92 bits per heavy atom. The van der Waals surface area contributed by atoms with E-state index in [2.05, 4.69) is 13.0 Å². The van der Waals surface area contributed by atoms with E-state index in [0.29, 0.717) is 0 Å². The van der Waals surface area contributed by atoms with Crippen molar-refractivity contribution in [3.8, 4) is 6.07 Å². The van der Waals surface area contributed by atoms with Crippen molar-refractivity contribution >= 4 is 11.8 Å². The number of unbranched alkanes of at least 4 members (excludes halogenated alkanes) is 1. The Morgan fingerprint density at radius 1 is 1.23 bits per heavy atom. The summed E-state index contributed by atoms with van der Waals surface area (Å²) in [6.07, 6.45) is 4.76. The second kappa shape index (κ2) is 7.26. The van der Waals surface area contributed by atoms with Gasteiger partial charge in [-0.25, -0.2) is 0 Å². The molecule has 0 aliphatic carbocycles. The Labute approximate surface area is 86.9 Å². The fourth-order valence-electron chi connectivity index (χ4n) is 1.07. The summed E-state index contributed by atoms with van der Waals surface area (Å²) in [4.78, 5) is 0. The monoisotopic (exact) mass is 199 g/mol. The second-order valence-corrected chi connectivity index (χ2v) is 5.29.